The van der Waals surface area contributed by atoms with E-state index in [-0.39, 0.29) is 4.70 Å². The van der Waals surface area contributed by atoms with Gasteiger partial charge in [0.15, 0.2) is 0 Å². The summed E-state index contributed by atoms with van der Waals surface area (Å²) in [5.74, 6) is 1.00. The van der Waals surface area contributed by atoms with Gasteiger partial charge in [-0.15, -0.1) is 0 Å². The first-order chi connectivity index (χ1) is 12.3. The number of halogens is 1. The first-order valence-electron chi connectivity index (χ1n) is 9.21. The molecule has 0 unspecified atom stereocenters. The lowest BCUT2D eigenvalue weighted by Crippen LogP contribution is -2.02. The van der Waals surface area contributed by atoms with Crippen molar-refractivity contribution in [3.05, 3.63) is 83.6 Å². The summed E-state index contributed by atoms with van der Waals surface area (Å²) in [4.78, 5) is 0. The van der Waals surface area contributed by atoms with Gasteiger partial charge in [0.05, 0.1) is 5.76 Å². The van der Waals surface area contributed by atoms with Gasteiger partial charge >= 0.3 is 0 Å². The molecule has 0 radical (unpaired) electrons. The fourth-order valence-electron chi connectivity index (χ4n) is 3.83. The van der Waals surface area contributed by atoms with Crippen LogP contribution < -0.4 is 0 Å². The molecule has 0 amide bonds. The van der Waals surface area contributed by atoms with Crippen molar-refractivity contribution in [3.8, 4) is 0 Å². The second-order valence-electron chi connectivity index (χ2n) is 6.81. The van der Waals surface area contributed by atoms with Gasteiger partial charge in [0.2, 0.25) is 0 Å². The maximum Gasteiger partial charge on any atom is 0.106 e. The highest BCUT2D eigenvalue weighted by molar-refractivity contribution is 6.08. The third-order valence-electron chi connectivity index (χ3n) is 5.13. The van der Waals surface area contributed by atoms with Crippen molar-refractivity contribution in [2.24, 2.45) is 0 Å². The van der Waals surface area contributed by atoms with Gasteiger partial charge in [-0.05, 0) is 77.4 Å². The Hall–Kier alpha value is -2.61. The lowest BCUT2D eigenvalue weighted by atomic mass is 9.86. The van der Waals surface area contributed by atoms with Gasteiger partial charge in [-0.2, -0.15) is 0 Å². The average Bonchev–Trinajstić information content (AvgIpc) is 2.68. The highest BCUT2D eigenvalue weighted by Crippen LogP contribution is 2.33. The molecule has 1 aliphatic heterocycles. The predicted molar refractivity (Wildman–Crippen MR) is 109 cm³/mol. The Morgan fingerprint density at radius 2 is 1.62 bits per heavy atom. The van der Waals surface area contributed by atoms with Crippen LogP contribution in [0, 0.1) is 0 Å². The van der Waals surface area contributed by atoms with E-state index in [0.717, 1.165) is 12.4 Å². The van der Waals surface area contributed by atoms with Crippen LogP contribution in [0.3, 0.4) is 0 Å². The van der Waals surface area contributed by atoms with Crippen LogP contribution in [0.1, 0.15) is 30.9 Å². The van der Waals surface area contributed by atoms with E-state index in [9.17, 15) is 0 Å². The minimum absolute atomic E-state index is 0. The lowest BCUT2D eigenvalue weighted by Gasteiger charge is -2.18. The number of fused-ring (bicyclic) bond motifs is 5. The van der Waals surface area contributed by atoms with Crippen molar-refractivity contribution in [2.45, 2.75) is 32.6 Å². The molecule has 26 heavy (non-hydrogen) atoms. The largest absolute Gasteiger partial charge is 0.494 e. The standard InChI is InChI=1S/C18H16.C6H8O.FH/c1-3-7-15-13(5-1)9-11-18-16-8-4-2-6-14(16)10-12-17(15)18;1-6-4-2-3-5-7-6;/h1,3,5,7,9-12H,2,4,6,8H2;2-4H,5H2,1H3;1H. The fourth-order valence-corrected chi connectivity index (χ4v) is 3.83. The van der Waals surface area contributed by atoms with E-state index in [1.54, 1.807) is 11.1 Å². The van der Waals surface area contributed by atoms with Crippen molar-refractivity contribution in [3.63, 3.8) is 0 Å². The first kappa shape index (κ1) is 18.2. The highest BCUT2D eigenvalue weighted by atomic mass is 19.0. The van der Waals surface area contributed by atoms with Crippen LogP contribution in [0.25, 0.3) is 21.5 Å². The van der Waals surface area contributed by atoms with Gasteiger partial charge in [-0.1, -0.05) is 54.6 Å². The number of allylic oxidation sites excluding steroid dienone is 3. The van der Waals surface area contributed by atoms with Gasteiger partial charge in [-0.3, -0.25) is 4.70 Å². The molecular formula is C24H25FO. The number of ether oxygens (including phenoxy) is 1. The van der Waals surface area contributed by atoms with E-state index < -0.39 is 0 Å². The zero-order chi connectivity index (χ0) is 17.1. The second kappa shape index (κ2) is 8.18. The smallest absolute Gasteiger partial charge is 0.106 e. The predicted octanol–water partition coefficient (Wildman–Crippen LogP) is 6.50. The van der Waals surface area contributed by atoms with Crippen LogP contribution in [0.5, 0.6) is 0 Å². The molecule has 0 bridgehead atoms. The number of benzene rings is 3. The fraction of sp³-hybridized carbons (Fsp3) is 0.250. The van der Waals surface area contributed by atoms with Crippen molar-refractivity contribution in [1.29, 1.82) is 0 Å². The maximum atomic E-state index is 5.05. The van der Waals surface area contributed by atoms with Gasteiger partial charge in [0, 0.05) is 0 Å². The Labute approximate surface area is 154 Å². The van der Waals surface area contributed by atoms with Crippen molar-refractivity contribution in [2.75, 3.05) is 6.61 Å². The zero-order valence-corrected chi connectivity index (χ0v) is 15.2. The summed E-state index contributed by atoms with van der Waals surface area (Å²) in [6.07, 6.45) is 11.1. The van der Waals surface area contributed by atoms with Crippen LogP contribution in [-0.2, 0) is 17.6 Å². The Morgan fingerprint density at radius 3 is 2.38 bits per heavy atom. The molecule has 134 valence electrons. The SMILES string of the molecule is CC1=CC=CCO1.F.c1ccc2c(c1)ccc1c3c(ccc12)CCCC3. The summed E-state index contributed by atoms with van der Waals surface area (Å²) >= 11 is 0. The van der Waals surface area contributed by atoms with Gasteiger partial charge in [0.25, 0.3) is 0 Å². The second-order valence-corrected chi connectivity index (χ2v) is 6.81. The molecule has 3 aromatic carbocycles. The van der Waals surface area contributed by atoms with E-state index >= 15 is 0 Å². The molecule has 2 heteroatoms. The molecule has 5 rings (SSSR count). The maximum absolute atomic E-state index is 5.05. The molecule has 0 aromatic heterocycles. The summed E-state index contributed by atoms with van der Waals surface area (Å²) < 4.78 is 5.05. The number of hydrogen-bond acceptors (Lipinski definition) is 1. The van der Waals surface area contributed by atoms with Crippen molar-refractivity contribution >= 4 is 21.5 Å². The molecule has 1 heterocycles. The Kier molecular flexibility index (Phi) is 5.72. The zero-order valence-electron chi connectivity index (χ0n) is 15.2. The number of aryl methyl sites for hydroxylation is 2. The van der Waals surface area contributed by atoms with E-state index in [1.165, 1.54) is 47.2 Å². The lowest BCUT2D eigenvalue weighted by molar-refractivity contribution is 0.246. The van der Waals surface area contributed by atoms with Gasteiger partial charge < -0.3 is 4.74 Å². The molecule has 0 atom stereocenters. The molecule has 2 aliphatic rings. The monoisotopic (exact) mass is 348 g/mol. The summed E-state index contributed by atoms with van der Waals surface area (Å²) in [6, 6.07) is 18.0. The van der Waals surface area contributed by atoms with Gasteiger partial charge in [0.1, 0.15) is 6.61 Å². The molecule has 0 N–H and O–H groups in total. The van der Waals surface area contributed by atoms with E-state index in [4.69, 9.17) is 4.74 Å². The van der Waals surface area contributed by atoms with Crippen LogP contribution in [-0.4, -0.2) is 6.61 Å². The third kappa shape index (κ3) is 3.65. The topological polar surface area (TPSA) is 9.23 Å². The number of hydrogen-bond donors (Lipinski definition) is 0. The summed E-state index contributed by atoms with van der Waals surface area (Å²) in [6.45, 7) is 2.69. The molecule has 1 nitrogen and oxygen atoms in total. The Morgan fingerprint density at radius 1 is 0.808 bits per heavy atom. The summed E-state index contributed by atoms with van der Waals surface area (Å²) in [7, 11) is 0. The molecule has 0 saturated carbocycles. The molecule has 0 spiro atoms. The Bertz CT molecular complexity index is 969. The number of rotatable bonds is 0. The van der Waals surface area contributed by atoms with Crippen LogP contribution in [0.4, 0.5) is 4.70 Å². The van der Waals surface area contributed by atoms with Crippen LogP contribution >= 0.6 is 0 Å². The quantitative estimate of drug-likeness (QED) is 0.421. The molecule has 0 fully saturated rings. The van der Waals surface area contributed by atoms with Crippen LogP contribution in [0.15, 0.2) is 72.5 Å². The van der Waals surface area contributed by atoms with E-state index in [2.05, 4.69) is 48.5 Å². The molecule has 1 aliphatic carbocycles. The van der Waals surface area contributed by atoms with E-state index in [0.29, 0.717) is 0 Å². The average molecular weight is 348 g/mol. The van der Waals surface area contributed by atoms with Crippen molar-refractivity contribution < 1.29 is 9.44 Å². The minimum atomic E-state index is 0. The Balaban J connectivity index is 0.000000210. The normalized spacial score (nSPS) is 15.2. The van der Waals surface area contributed by atoms with Gasteiger partial charge in [-0.25, -0.2) is 0 Å². The first-order valence-corrected chi connectivity index (χ1v) is 9.21. The van der Waals surface area contributed by atoms with E-state index in [1.807, 2.05) is 25.2 Å². The molecular weight excluding hydrogens is 323 g/mol. The molecule has 3 aromatic rings. The summed E-state index contributed by atoms with van der Waals surface area (Å²) in [5.41, 5.74) is 3.17. The van der Waals surface area contributed by atoms with Crippen LogP contribution in [0.2, 0.25) is 0 Å². The third-order valence-corrected chi connectivity index (χ3v) is 5.13. The van der Waals surface area contributed by atoms with Crippen molar-refractivity contribution in [1.82, 2.24) is 0 Å². The summed E-state index contributed by atoms with van der Waals surface area (Å²) in [5, 5.41) is 5.64. The molecule has 0 saturated heterocycles. The minimum Gasteiger partial charge on any atom is -0.494 e. The highest BCUT2D eigenvalue weighted by Gasteiger charge is 2.13.